The van der Waals surface area contributed by atoms with Gasteiger partial charge in [0.1, 0.15) is 5.82 Å². The third-order valence-electron chi connectivity index (χ3n) is 5.09. The van der Waals surface area contributed by atoms with E-state index in [-0.39, 0.29) is 17.1 Å². The van der Waals surface area contributed by atoms with E-state index in [0.29, 0.717) is 19.0 Å². The van der Waals surface area contributed by atoms with Crippen LogP contribution in [0.5, 0.6) is 0 Å². The summed E-state index contributed by atoms with van der Waals surface area (Å²) in [5.41, 5.74) is 1.07. The quantitative estimate of drug-likeness (QED) is 0.816. The van der Waals surface area contributed by atoms with E-state index in [9.17, 15) is 12.8 Å². The van der Waals surface area contributed by atoms with Crippen LogP contribution in [0, 0.1) is 11.7 Å². The molecule has 0 aromatic heterocycles. The molecule has 0 N–H and O–H groups in total. The molecule has 0 bridgehead atoms. The molecule has 0 unspecified atom stereocenters. The van der Waals surface area contributed by atoms with Gasteiger partial charge in [-0.3, -0.25) is 4.90 Å². The van der Waals surface area contributed by atoms with E-state index in [2.05, 4.69) is 18.7 Å². The SMILES string of the molecule is CC(C)[C@H]1CN(S(=O)(=O)C2CC2)CCCN1Cc1ccc(F)cc1. The van der Waals surface area contributed by atoms with Crippen molar-refractivity contribution >= 4 is 10.0 Å². The molecule has 1 saturated heterocycles. The molecule has 6 heteroatoms. The Morgan fingerprint density at radius 3 is 2.42 bits per heavy atom. The monoisotopic (exact) mass is 354 g/mol. The molecule has 2 fully saturated rings. The maximum absolute atomic E-state index is 13.1. The van der Waals surface area contributed by atoms with Crippen LogP contribution >= 0.6 is 0 Å². The van der Waals surface area contributed by atoms with Gasteiger partial charge < -0.3 is 0 Å². The van der Waals surface area contributed by atoms with Gasteiger partial charge in [-0.2, -0.15) is 0 Å². The predicted octanol–water partition coefficient (Wildman–Crippen LogP) is 2.85. The average Bonchev–Trinajstić information content (AvgIpc) is 3.36. The van der Waals surface area contributed by atoms with Gasteiger partial charge in [0.2, 0.25) is 10.0 Å². The summed E-state index contributed by atoms with van der Waals surface area (Å²) >= 11 is 0. The van der Waals surface area contributed by atoms with Crippen LogP contribution < -0.4 is 0 Å². The number of rotatable bonds is 5. The highest BCUT2D eigenvalue weighted by Crippen LogP contribution is 2.32. The number of halogens is 1. The molecule has 2 aliphatic rings. The summed E-state index contributed by atoms with van der Waals surface area (Å²) in [6.45, 7) is 7.09. The van der Waals surface area contributed by atoms with E-state index in [4.69, 9.17) is 0 Å². The maximum Gasteiger partial charge on any atom is 0.217 e. The Hall–Kier alpha value is -0.980. The molecule has 1 aliphatic heterocycles. The minimum absolute atomic E-state index is 0.144. The molecule has 0 radical (unpaired) electrons. The summed E-state index contributed by atoms with van der Waals surface area (Å²) < 4.78 is 40.1. The summed E-state index contributed by atoms with van der Waals surface area (Å²) in [5, 5.41) is -0.144. The van der Waals surface area contributed by atoms with Gasteiger partial charge in [0, 0.05) is 32.2 Å². The molecular weight excluding hydrogens is 327 g/mol. The smallest absolute Gasteiger partial charge is 0.217 e. The van der Waals surface area contributed by atoms with Crippen molar-refractivity contribution in [3.05, 3.63) is 35.6 Å². The summed E-state index contributed by atoms with van der Waals surface area (Å²) in [6.07, 6.45) is 2.46. The molecule has 1 aromatic rings. The largest absolute Gasteiger partial charge is 0.295 e. The first-order chi connectivity index (χ1) is 11.4. The van der Waals surface area contributed by atoms with Crippen molar-refractivity contribution in [1.82, 2.24) is 9.21 Å². The van der Waals surface area contributed by atoms with E-state index in [1.165, 1.54) is 12.1 Å². The van der Waals surface area contributed by atoms with Gasteiger partial charge in [0.25, 0.3) is 0 Å². The molecule has 4 nitrogen and oxygen atoms in total. The zero-order valence-electron chi connectivity index (χ0n) is 14.5. The average molecular weight is 354 g/mol. The van der Waals surface area contributed by atoms with Crippen molar-refractivity contribution < 1.29 is 12.8 Å². The lowest BCUT2D eigenvalue weighted by Gasteiger charge is -2.34. The third kappa shape index (κ3) is 3.98. The highest BCUT2D eigenvalue weighted by Gasteiger charge is 2.42. The summed E-state index contributed by atoms with van der Waals surface area (Å²) in [7, 11) is -3.12. The number of hydrogen-bond acceptors (Lipinski definition) is 3. The predicted molar refractivity (Wildman–Crippen MR) is 93.6 cm³/mol. The number of hydrogen-bond donors (Lipinski definition) is 0. The third-order valence-corrected chi connectivity index (χ3v) is 7.45. The van der Waals surface area contributed by atoms with Crippen LogP contribution in [0.4, 0.5) is 4.39 Å². The van der Waals surface area contributed by atoms with Gasteiger partial charge in [0.15, 0.2) is 0 Å². The summed E-state index contributed by atoms with van der Waals surface area (Å²) in [5.74, 6) is 0.136. The molecule has 1 heterocycles. The van der Waals surface area contributed by atoms with Gasteiger partial charge >= 0.3 is 0 Å². The Morgan fingerprint density at radius 2 is 1.83 bits per heavy atom. The van der Waals surface area contributed by atoms with Crippen molar-refractivity contribution in [3.63, 3.8) is 0 Å². The van der Waals surface area contributed by atoms with Crippen LogP contribution in [0.15, 0.2) is 24.3 Å². The van der Waals surface area contributed by atoms with Gasteiger partial charge in [0.05, 0.1) is 5.25 Å². The second-order valence-corrected chi connectivity index (χ2v) is 9.58. The van der Waals surface area contributed by atoms with Crippen molar-refractivity contribution in [3.8, 4) is 0 Å². The molecule has 1 atom stereocenters. The van der Waals surface area contributed by atoms with Gasteiger partial charge in [-0.15, -0.1) is 0 Å². The zero-order valence-corrected chi connectivity index (χ0v) is 15.3. The van der Waals surface area contributed by atoms with Crippen molar-refractivity contribution in [2.45, 2.75) is 50.9 Å². The molecule has 24 heavy (non-hydrogen) atoms. The van der Waals surface area contributed by atoms with Crippen molar-refractivity contribution in [1.29, 1.82) is 0 Å². The molecule has 1 saturated carbocycles. The van der Waals surface area contributed by atoms with Crippen LogP contribution in [0.25, 0.3) is 0 Å². The maximum atomic E-state index is 13.1. The van der Waals surface area contributed by atoms with Gasteiger partial charge in [-0.25, -0.2) is 17.1 Å². The minimum atomic E-state index is -3.12. The first-order valence-electron chi connectivity index (χ1n) is 8.85. The topological polar surface area (TPSA) is 40.6 Å². The van der Waals surface area contributed by atoms with Crippen molar-refractivity contribution in [2.24, 2.45) is 5.92 Å². The number of benzene rings is 1. The van der Waals surface area contributed by atoms with Gasteiger partial charge in [-0.05, 0) is 42.9 Å². The molecule has 134 valence electrons. The van der Waals surface area contributed by atoms with E-state index in [0.717, 1.165) is 37.9 Å². The molecular formula is C18H27FN2O2S. The number of sulfonamides is 1. The van der Waals surface area contributed by atoms with Crippen LogP contribution in [0.2, 0.25) is 0 Å². The molecule has 0 spiro atoms. The lowest BCUT2D eigenvalue weighted by atomic mass is 10.0. The molecule has 1 aliphatic carbocycles. The Labute approximate surface area is 144 Å². The first kappa shape index (κ1) is 17.8. The van der Waals surface area contributed by atoms with Crippen molar-refractivity contribution in [2.75, 3.05) is 19.6 Å². The fourth-order valence-electron chi connectivity index (χ4n) is 3.49. The Kier molecular flexibility index (Phi) is 5.27. The van der Waals surface area contributed by atoms with E-state index < -0.39 is 10.0 Å². The summed E-state index contributed by atoms with van der Waals surface area (Å²) in [4.78, 5) is 2.36. The second-order valence-electron chi connectivity index (χ2n) is 7.36. The zero-order chi connectivity index (χ0) is 17.3. The van der Waals surface area contributed by atoms with E-state index in [1.54, 1.807) is 4.31 Å². The Bertz CT molecular complexity index is 656. The fourth-order valence-corrected chi connectivity index (χ4v) is 5.39. The summed E-state index contributed by atoms with van der Waals surface area (Å²) in [6, 6.07) is 6.79. The lowest BCUT2D eigenvalue weighted by Crippen LogP contribution is -2.46. The molecule has 1 aromatic carbocycles. The van der Waals surface area contributed by atoms with Gasteiger partial charge in [-0.1, -0.05) is 26.0 Å². The number of nitrogens with zero attached hydrogens (tertiary/aromatic N) is 2. The normalized spacial score (nSPS) is 24.2. The minimum Gasteiger partial charge on any atom is -0.295 e. The van der Waals surface area contributed by atoms with E-state index >= 15 is 0 Å². The lowest BCUT2D eigenvalue weighted by molar-refractivity contribution is 0.149. The Balaban J connectivity index is 1.76. The van der Waals surface area contributed by atoms with Crippen LogP contribution in [0.3, 0.4) is 0 Å². The highest BCUT2D eigenvalue weighted by molar-refractivity contribution is 7.90. The van der Waals surface area contributed by atoms with E-state index in [1.807, 2.05) is 12.1 Å². The first-order valence-corrected chi connectivity index (χ1v) is 10.4. The Morgan fingerprint density at radius 1 is 1.17 bits per heavy atom. The van der Waals surface area contributed by atoms with Crippen LogP contribution in [-0.4, -0.2) is 48.5 Å². The molecule has 3 rings (SSSR count). The van der Waals surface area contributed by atoms with Crippen LogP contribution in [-0.2, 0) is 16.6 Å². The van der Waals surface area contributed by atoms with Crippen LogP contribution in [0.1, 0.15) is 38.7 Å². The highest BCUT2D eigenvalue weighted by atomic mass is 32.2. The standard InChI is InChI=1S/C18H27FN2O2S/c1-14(2)18-13-21(24(22,23)17-8-9-17)11-3-10-20(18)12-15-4-6-16(19)7-5-15/h4-7,14,17-18H,3,8-13H2,1-2H3/t18-/m1/s1. The molecule has 0 amide bonds. The fraction of sp³-hybridized carbons (Fsp3) is 0.667. The second kappa shape index (κ2) is 7.10.